The third-order valence-electron chi connectivity index (χ3n) is 6.68. The van der Waals surface area contributed by atoms with Crippen molar-refractivity contribution >= 4 is 0 Å². The van der Waals surface area contributed by atoms with Crippen LogP contribution in [-0.4, -0.2) is 20.6 Å². The van der Waals surface area contributed by atoms with Gasteiger partial charge in [0.2, 0.25) is 5.82 Å². The number of aryl methyl sites for hydroxylation is 2. The van der Waals surface area contributed by atoms with Gasteiger partial charge in [0.25, 0.3) is 0 Å². The predicted octanol–water partition coefficient (Wildman–Crippen LogP) is 8.15. The minimum atomic E-state index is 0.574. The minimum absolute atomic E-state index is 0.574. The van der Waals surface area contributed by atoms with Crippen molar-refractivity contribution < 1.29 is 0 Å². The van der Waals surface area contributed by atoms with E-state index in [-0.39, 0.29) is 0 Å². The van der Waals surface area contributed by atoms with Crippen LogP contribution in [0.2, 0.25) is 0 Å². The maximum atomic E-state index is 4.30. The number of hydrogen-bond acceptors (Lipinski definition) is 3. The lowest BCUT2D eigenvalue weighted by Crippen LogP contribution is -1.92. The van der Waals surface area contributed by atoms with E-state index < -0.39 is 0 Å². The van der Waals surface area contributed by atoms with E-state index in [2.05, 4.69) is 150 Å². The lowest BCUT2D eigenvalue weighted by molar-refractivity contribution is 0.881. The normalized spacial score (nSPS) is 11.0. The molecule has 1 aromatic heterocycles. The molecule has 0 amide bonds. The van der Waals surface area contributed by atoms with E-state index in [0.29, 0.717) is 5.82 Å². The van der Waals surface area contributed by atoms with E-state index in [1.165, 1.54) is 33.4 Å². The molecular formula is C33H26N4. The molecule has 0 fully saturated rings. The second-order valence-corrected chi connectivity index (χ2v) is 9.36. The summed E-state index contributed by atoms with van der Waals surface area (Å²) >= 11 is 0. The van der Waals surface area contributed by atoms with Crippen molar-refractivity contribution in [2.45, 2.75) is 13.8 Å². The first-order chi connectivity index (χ1) is 18.2. The Bertz CT molecular complexity index is 1560. The Morgan fingerprint density at radius 2 is 0.946 bits per heavy atom. The van der Waals surface area contributed by atoms with Crippen molar-refractivity contribution in [3.05, 3.63) is 126 Å². The van der Waals surface area contributed by atoms with E-state index >= 15 is 0 Å². The topological polar surface area (TPSA) is 54.5 Å². The first-order valence-electron chi connectivity index (χ1n) is 12.4. The van der Waals surface area contributed by atoms with E-state index in [4.69, 9.17) is 0 Å². The number of tetrazole rings is 1. The molecular weight excluding hydrogens is 452 g/mol. The molecule has 0 saturated heterocycles. The fourth-order valence-corrected chi connectivity index (χ4v) is 4.88. The van der Waals surface area contributed by atoms with Gasteiger partial charge in [0, 0.05) is 5.56 Å². The van der Waals surface area contributed by atoms with Gasteiger partial charge in [0.05, 0.1) is 0 Å². The number of aromatic amines is 1. The Labute approximate surface area is 216 Å². The van der Waals surface area contributed by atoms with Crippen molar-refractivity contribution in [3.63, 3.8) is 0 Å². The van der Waals surface area contributed by atoms with Gasteiger partial charge in [0.15, 0.2) is 0 Å². The number of rotatable bonds is 5. The van der Waals surface area contributed by atoms with Gasteiger partial charge in [-0.1, -0.05) is 108 Å². The summed E-state index contributed by atoms with van der Waals surface area (Å²) in [4.78, 5) is 0. The molecule has 0 atom stereocenters. The average molecular weight is 479 g/mol. The van der Waals surface area contributed by atoms with E-state index in [0.717, 1.165) is 27.8 Å². The Balaban J connectivity index is 1.61. The average Bonchev–Trinajstić information content (AvgIpc) is 3.49. The maximum absolute atomic E-state index is 4.30. The fraction of sp³-hybridized carbons (Fsp3) is 0.0606. The van der Waals surface area contributed by atoms with Crippen molar-refractivity contribution in [2.24, 2.45) is 0 Å². The van der Waals surface area contributed by atoms with E-state index in [9.17, 15) is 0 Å². The molecule has 0 radical (unpaired) electrons. The van der Waals surface area contributed by atoms with Crippen LogP contribution in [-0.2, 0) is 0 Å². The van der Waals surface area contributed by atoms with Crippen molar-refractivity contribution in [1.29, 1.82) is 0 Å². The maximum Gasteiger partial charge on any atom is 0.204 e. The Hall–Kier alpha value is -4.83. The fourth-order valence-electron chi connectivity index (χ4n) is 4.88. The third-order valence-corrected chi connectivity index (χ3v) is 6.68. The molecule has 1 N–H and O–H groups in total. The van der Waals surface area contributed by atoms with Gasteiger partial charge in [-0.2, -0.15) is 5.21 Å². The van der Waals surface area contributed by atoms with Crippen LogP contribution in [0.25, 0.3) is 55.9 Å². The molecule has 37 heavy (non-hydrogen) atoms. The highest BCUT2D eigenvalue weighted by molar-refractivity contribution is 5.91. The van der Waals surface area contributed by atoms with Crippen molar-refractivity contribution in [1.82, 2.24) is 20.6 Å². The van der Waals surface area contributed by atoms with Crippen LogP contribution in [0.4, 0.5) is 0 Å². The third kappa shape index (κ3) is 4.57. The minimum Gasteiger partial charge on any atom is -0.177 e. The lowest BCUT2D eigenvalue weighted by Gasteiger charge is -2.16. The molecule has 178 valence electrons. The van der Waals surface area contributed by atoms with E-state index in [1.54, 1.807) is 0 Å². The van der Waals surface area contributed by atoms with Gasteiger partial charge >= 0.3 is 0 Å². The molecule has 4 heteroatoms. The van der Waals surface area contributed by atoms with Crippen LogP contribution in [0.5, 0.6) is 0 Å². The summed E-state index contributed by atoms with van der Waals surface area (Å²) < 4.78 is 0. The Morgan fingerprint density at radius 1 is 0.459 bits per heavy atom. The molecule has 6 aromatic rings. The monoisotopic (exact) mass is 478 g/mol. The molecule has 5 aromatic carbocycles. The van der Waals surface area contributed by atoms with Gasteiger partial charge in [-0.25, -0.2) is 0 Å². The number of hydrogen-bond donors (Lipinski definition) is 1. The highest BCUT2D eigenvalue weighted by Crippen LogP contribution is 2.40. The van der Waals surface area contributed by atoms with Crippen LogP contribution in [0.1, 0.15) is 11.1 Å². The zero-order valence-electron chi connectivity index (χ0n) is 20.8. The number of H-pyrrole nitrogens is 1. The largest absolute Gasteiger partial charge is 0.204 e. The summed E-state index contributed by atoms with van der Waals surface area (Å²) in [7, 11) is 0. The van der Waals surface area contributed by atoms with Crippen LogP contribution in [0.3, 0.4) is 0 Å². The standard InChI is InChI=1S/C33H26N4/c1-22-13-15-29(31(17-22)24-9-5-3-6-10-24)26-19-27(21-28(20-26)33-34-36-37-35-33)30-16-14-23(2)18-32(30)25-11-7-4-8-12-25/h3-21H,1-2H3,(H,34,35,36,37). The van der Waals surface area contributed by atoms with Gasteiger partial charge in [-0.3, -0.25) is 0 Å². The SMILES string of the molecule is Cc1ccc(-c2cc(-c3nn[nH]n3)cc(-c3ccc(C)cc3-c3ccccc3)c2)c(-c2ccccc2)c1. The van der Waals surface area contributed by atoms with Crippen LogP contribution in [0, 0.1) is 13.8 Å². The molecule has 0 aliphatic carbocycles. The summed E-state index contributed by atoms with van der Waals surface area (Å²) in [5, 5.41) is 15.0. The summed E-state index contributed by atoms with van der Waals surface area (Å²) in [6.07, 6.45) is 0. The molecule has 0 spiro atoms. The molecule has 0 saturated carbocycles. The molecule has 0 aliphatic rings. The quantitative estimate of drug-likeness (QED) is 0.272. The Morgan fingerprint density at radius 3 is 1.41 bits per heavy atom. The lowest BCUT2D eigenvalue weighted by atomic mass is 9.88. The second-order valence-electron chi connectivity index (χ2n) is 9.36. The van der Waals surface area contributed by atoms with Crippen LogP contribution < -0.4 is 0 Å². The first-order valence-corrected chi connectivity index (χ1v) is 12.4. The molecule has 0 bridgehead atoms. The predicted molar refractivity (Wildman–Crippen MR) is 151 cm³/mol. The van der Waals surface area contributed by atoms with Crippen LogP contribution >= 0.6 is 0 Å². The highest BCUT2D eigenvalue weighted by Gasteiger charge is 2.16. The molecule has 4 nitrogen and oxygen atoms in total. The Kier molecular flexibility index (Phi) is 5.91. The molecule has 6 rings (SSSR count). The second kappa shape index (κ2) is 9.67. The summed E-state index contributed by atoms with van der Waals surface area (Å²) in [6, 6.07) is 41.0. The van der Waals surface area contributed by atoms with Crippen molar-refractivity contribution in [3.8, 4) is 55.9 Å². The molecule has 0 unspecified atom stereocenters. The van der Waals surface area contributed by atoms with Gasteiger partial charge in [0.1, 0.15) is 0 Å². The number of nitrogens with one attached hydrogen (secondary N) is 1. The zero-order chi connectivity index (χ0) is 25.2. The number of aromatic nitrogens is 4. The number of benzene rings is 5. The summed E-state index contributed by atoms with van der Waals surface area (Å²) in [5.74, 6) is 0.574. The van der Waals surface area contributed by atoms with Gasteiger partial charge in [-0.15, -0.1) is 10.2 Å². The summed E-state index contributed by atoms with van der Waals surface area (Å²) in [5.41, 5.74) is 12.7. The van der Waals surface area contributed by atoms with Gasteiger partial charge in [-0.05, 0) is 81.8 Å². The first kappa shape index (κ1) is 22.6. The number of nitrogens with zero attached hydrogens (tertiary/aromatic N) is 3. The molecule has 1 heterocycles. The van der Waals surface area contributed by atoms with Crippen LogP contribution in [0.15, 0.2) is 115 Å². The van der Waals surface area contributed by atoms with Gasteiger partial charge < -0.3 is 0 Å². The van der Waals surface area contributed by atoms with E-state index in [1.807, 2.05) is 0 Å². The summed E-state index contributed by atoms with van der Waals surface area (Å²) in [6.45, 7) is 4.27. The molecule has 0 aliphatic heterocycles. The smallest absolute Gasteiger partial charge is 0.177 e. The highest BCUT2D eigenvalue weighted by atomic mass is 15.5. The zero-order valence-corrected chi connectivity index (χ0v) is 20.8. The van der Waals surface area contributed by atoms with Crippen molar-refractivity contribution in [2.75, 3.05) is 0 Å².